The minimum atomic E-state index is -4.00. The highest BCUT2D eigenvalue weighted by Crippen LogP contribution is 2.36. The van der Waals surface area contributed by atoms with E-state index < -0.39 is 14.9 Å². The fourth-order valence-electron chi connectivity index (χ4n) is 1.94. The average Bonchev–Trinajstić information content (AvgIpc) is 2.50. The number of nitro benzene ring substituents is 1. The van der Waals surface area contributed by atoms with E-state index in [-0.39, 0.29) is 22.0 Å². The smallest absolute Gasteiger partial charge is 0.270 e. The summed E-state index contributed by atoms with van der Waals surface area (Å²) in [5.74, 6) is 0.0285. The number of hydrogen-bond donors (Lipinski definition) is 2. The molecule has 0 bridgehead atoms. The highest BCUT2D eigenvalue weighted by Gasteiger charge is 2.20. The lowest BCUT2D eigenvalue weighted by atomic mass is 10.1. The second kappa shape index (κ2) is 6.17. The number of phenols is 1. The summed E-state index contributed by atoms with van der Waals surface area (Å²) in [6.07, 6.45) is 0. The second-order valence-corrected chi connectivity index (χ2v) is 7.36. The number of benzene rings is 2. The Labute approximate surface area is 141 Å². The van der Waals surface area contributed by atoms with Crippen molar-refractivity contribution in [3.8, 4) is 5.75 Å². The van der Waals surface area contributed by atoms with Crippen LogP contribution in [0.1, 0.15) is 11.1 Å². The van der Waals surface area contributed by atoms with Crippen LogP contribution in [0.5, 0.6) is 5.75 Å². The van der Waals surface area contributed by atoms with E-state index in [1.807, 2.05) is 0 Å². The van der Waals surface area contributed by atoms with E-state index in [1.54, 1.807) is 13.8 Å². The fraction of sp³-hybridized carbons (Fsp3) is 0.143. The first-order valence-corrected chi connectivity index (χ1v) is 8.67. The summed E-state index contributed by atoms with van der Waals surface area (Å²) in [6.45, 7) is 3.26. The van der Waals surface area contributed by atoms with Crippen molar-refractivity contribution in [1.82, 2.24) is 0 Å². The molecule has 0 saturated carbocycles. The summed E-state index contributed by atoms with van der Waals surface area (Å²) in [6, 6.07) is 6.26. The lowest BCUT2D eigenvalue weighted by molar-refractivity contribution is -0.385. The number of nitrogens with zero attached hydrogens (tertiary/aromatic N) is 1. The number of phenolic OH excluding ortho intramolecular Hbond substituents is 1. The van der Waals surface area contributed by atoms with E-state index in [0.29, 0.717) is 15.6 Å². The van der Waals surface area contributed by atoms with E-state index >= 15 is 0 Å². The number of anilines is 1. The van der Waals surface area contributed by atoms with Gasteiger partial charge in [-0.2, -0.15) is 0 Å². The average molecular weight is 401 g/mol. The zero-order valence-corrected chi connectivity index (χ0v) is 14.6. The molecule has 0 amide bonds. The van der Waals surface area contributed by atoms with Crippen molar-refractivity contribution in [3.05, 3.63) is 56.0 Å². The molecule has 0 radical (unpaired) electrons. The Morgan fingerprint density at radius 3 is 2.52 bits per heavy atom. The molecule has 0 aromatic heterocycles. The zero-order valence-electron chi connectivity index (χ0n) is 12.2. The van der Waals surface area contributed by atoms with Crippen molar-refractivity contribution in [2.24, 2.45) is 0 Å². The molecular weight excluding hydrogens is 388 g/mol. The first-order chi connectivity index (χ1) is 10.6. The molecule has 0 fully saturated rings. The molecule has 0 aliphatic heterocycles. The third-order valence-corrected chi connectivity index (χ3v) is 5.59. The Balaban J connectivity index is 2.47. The van der Waals surface area contributed by atoms with Crippen LogP contribution in [0, 0.1) is 24.0 Å². The largest absolute Gasteiger partial charge is 0.506 e. The van der Waals surface area contributed by atoms with E-state index in [4.69, 9.17) is 0 Å². The van der Waals surface area contributed by atoms with Crippen molar-refractivity contribution in [1.29, 1.82) is 0 Å². The Bertz CT molecular complexity index is 896. The third-order valence-electron chi connectivity index (χ3n) is 3.26. The van der Waals surface area contributed by atoms with Crippen LogP contribution in [0.2, 0.25) is 0 Å². The molecule has 0 saturated heterocycles. The first kappa shape index (κ1) is 17.2. The molecule has 2 rings (SSSR count). The molecular formula is C14H13BrN2O5S. The number of halogens is 1. The molecule has 9 heteroatoms. The van der Waals surface area contributed by atoms with Gasteiger partial charge in [-0.3, -0.25) is 14.8 Å². The van der Waals surface area contributed by atoms with Crippen LogP contribution in [0.4, 0.5) is 11.4 Å². The van der Waals surface area contributed by atoms with E-state index in [0.717, 1.165) is 6.07 Å². The molecule has 0 aliphatic rings. The highest BCUT2D eigenvalue weighted by molar-refractivity contribution is 9.10. The summed E-state index contributed by atoms with van der Waals surface area (Å²) in [5.41, 5.74) is 0.952. The third kappa shape index (κ3) is 3.45. The van der Waals surface area contributed by atoms with Crippen LogP contribution in [0.3, 0.4) is 0 Å². The number of rotatable bonds is 4. The number of aromatic hydroxyl groups is 1. The predicted octanol–water partition coefficient (Wildman–Crippen LogP) is 3.48. The minimum Gasteiger partial charge on any atom is -0.506 e. The molecule has 0 heterocycles. The van der Waals surface area contributed by atoms with E-state index in [2.05, 4.69) is 20.7 Å². The number of aryl methyl sites for hydroxylation is 1. The monoisotopic (exact) mass is 400 g/mol. The van der Waals surface area contributed by atoms with Gasteiger partial charge in [0.2, 0.25) is 0 Å². The van der Waals surface area contributed by atoms with Gasteiger partial charge in [0.1, 0.15) is 5.75 Å². The molecule has 7 nitrogen and oxygen atoms in total. The van der Waals surface area contributed by atoms with Gasteiger partial charge in [-0.15, -0.1) is 0 Å². The fourth-order valence-corrected chi connectivity index (χ4v) is 3.62. The topological polar surface area (TPSA) is 110 Å². The maximum absolute atomic E-state index is 12.4. The zero-order chi connectivity index (χ0) is 17.4. The van der Waals surface area contributed by atoms with Gasteiger partial charge in [-0.05, 0) is 53.0 Å². The number of nitrogens with one attached hydrogen (secondary N) is 1. The van der Waals surface area contributed by atoms with E-state index in [9.17, 15) is 23.6 Å². The summed E-state index contributed by atoms with van der Waals surface area (Å²) in [4.78, 5) is 9.90. The standard InChI is InChI=1S/C14H13BrN2O5S/c1-8-6-12(9(2)13(15)14(8)18)16-23(21,22)11-5-3-4-10(7-11)17(19)20/h3-7,16,18H,1-2H3. The van der Waals surface area contributed by atoms with Gasteiger partial charge >= 0.3 is 0 Å². The van der Waals surface area contributed by atoms with Gasteiger partial charge < -0.3 is 5.11 Å². The molecule has 23 heavy (non-hydrogen) atoms. The SMILES string of the molecule is Cc1cc(NS(=O)(=O)c2cccc([N+](=O)[O-])c2)c(C)c(Br)c1O. The van der Waals surface area contributed by atoms with Gasteiger partial charge in [-0.25, -0.2) is 8.42 Å². The van der Waals surface area contributed by atoms with Crippen LogP contribution in [-0.4, -0.2) is 18.4 Å². The lowest BCUT2D eigenvalue weighted by Gasteiger charge is -2.14. The van der Waals surface area contributed by atoms with Crippen molar-refractivity contribution in [3.63, 3.8) is 0 Å². The van der Waals surface area contributed by atoms with Crippen LogP contribution >= 0.6 is 15.9 Å². The van der Waals surface area contributed by atoms with Crippen LogP contribution in [0.25, 0.3) is 0 Å². The van der Waals surface area contributed by atoms with Crippen molar-refractivity contribution in [2.75, 3.05) is 4.72 Å². The number of nitro groups is 1. The maximum atomic E-state index is 12.4. The van der Waals surface area contributed by atoms with Crippen LogP contribution < -0.4 is 4.72 Å². The Morgan fingerprint density at radius 2 is 1.91 bits per heavy atom. The number of non-ortho nitro benzene ring substituents is 1. The molecule has 2 N–H and O–H groups in total. The van der Waals surface area contributed by atoms with Crippen molar-refractivity contribution >= 4 is 37.3 Å². The van der Waals surface area contributed by atoms with Crippen molar-refractivity contribution in [2.45, 2.75) is 18.7 Å². The van der Waals surface area contributed by atoms with Gasteiger partial charge in [0.25, 0.3) is 15.7 Å². The Hall–Kier alpha value is -2.13. The molecule has 122 valence electrons. The molecule has 0 aliphatic carbocycles. The Kier molecular flexibility index (Phi) is 4.62. The number of sulfonamides is 1. The molecule has 0 atom stereocenters. The number of hydrogen-bond acceptors (Lipinski definition) is 5. The van der Waals surface area contributed by atoms with Crippen molar-refractivity contribution < 1.29 is 18.4 Å². The second-order valence-electron chi connectivity index (χ2n) is 4.89. The van der Waals surface area contributed by atoms with Crippen LogP contribution in [0.15, 0.2) is 39.7 Å². The van der Waals surface area contributed by atoms with E-state index in [1.165, 1.54) is 24.3 Å². The lowest BCUT2D eigenvalue weighted by Crippen LogP contribution is -2.14. The van der Waals surface area contributed by atoms with Gasteiger partial charge in [0.15, 0.2) is 0 Å². The summed E-state index contributed by atoms with van der Waals surface area (Å²) < 4.78 is 27.6. The highest BCUT2D eigenvalue weighted by atomic mass is 79.9. The minimum absolute atomic E-state index is 0.0285. The Morgan fingerprint density at radius 1 is 1.26 bits per heavy atom. The normalized spacial score (nSPS) is 11.3. The van der Waals surface area contributed by atoms with Gasteiger partial charge in [0.05, 0.1) is 20.0 Å². The predicted molar refractivity (Wildman–Crippen MR) is 89.2 cm³/mol. The van der Waals surface area contributed by atoms with Crippen LogP contribution in [-0.2, 0) is 10.0 Å². The first-order valence-electron chi connectivity index (χ1n) is 6.39. The molecule has 2 aromatic rings. The van der Waals surface area contributed by atoms with Gasteiger partial charge in [0, 0.05) is 12.1 Å². The maximum Gasteiger partial charge on any atom is 0.270 e. The quantitative estimate of drug-likeness (QED) is 0.463. The summed E-state index contributed by atoms with van der Waals surface area (Å²) >= 11 is 3.20. The molecule has 0 unspecified atom stereocenters. The van der Waals surface area contributed by atoms with Gasteiger partial charge in [-0.1, -0.05) is 6.07 Å². The molecule has 2 aromatic carbocycles. The molecule has 0 spiro atoms. The summed E-state index contributed by atoms with van der Waals surface area (Å²) in [5, 5.41) is 20.6. The summed E-state index contributed by atoms with van der Waals surface area (Å²) in [7, 11) is -4.00.